The van der Waals surface area contributed by atoms with Gasteiger partial charge in [-0.1, -0.05) is 54.6 Å². The van der Waals surface area contributed by atoms with E-state index in [-0.39, 0.29) is 18.9 Å². The second-order valence-electron chi connectivity index (χ2n) is 6.18. The molecule has 0 spiro atoms. The van der Waals surface area contributed by atoms with Crippen LogP contribution in [0.3, 0.4) is 0 Å². The summed E-state index contributed by atoms with van der Waals surface area (Å²) in [7, 11) is 0. The second kappa shape index (κ2) is 8.57. The molecule has 2 aromatic carbocycles. The van der Waals surface area contributed by atoms with E-state index in [0.29, 0.717) is 11.4 Å². The zero-order valence-corrected chi connectivity index (χ0v) is 16.1. The zero-order valence-electron chi connectivity index (χ0n) is 15.3. The lowest BCUT2D eigenvalue weighted by atomic mass is 10.0. The molecule has 4 aromatic rings. The van der Waals surface area contributed by atoms with Crippen LogP contribution in [-0.2, 0) is 16.1 Å². The predicted molar refractivity (Wildman–Crippen MR) is 108 cm³/mol. The van der Waals surface area contributed by atoms with Crippen LogP contribution in [0.25, 0.3) is 22.5 Å². The quantitative estimate of drug-likeness (QED) is 0.346. The van der Waals surface area contributed by atoms with E-state index < -0.39 is 5.97 Å². The molecule has 144 valence electrons. The first-order valence-corrected chi connectivity index (χ1v) is 9.78. The summed E-state index contributed by atoms with van der Waals surface area (Å²) in [4.78, 5) is 25.4. The fourth-order valence-electron chi connectivity index (χ4n) is 2.69. The van der Waals surface area contributed by atoms with E-state index in [1.165, 1.54) is 11.3 Å². The molecular formula is C21H16N4O3S. The third kappa shape index (κ3) is 4.61. The number of carbonyl (C=O) groups is 2. The second-order valence-corrected chi connectivity index (χ2v) is 6.96. The SMILES string of the molecule is O=C(Cn1nnc(-c2ccsc2)n1)OCC(=O)c1ccc(-c2ccccc2)cc1. The van der Waals surface area contributed by atoms with E-state index in [1.54, 1.807) is 12.1 Å². The first-order chi connectivity index (χ1) is 14.2. The lowest BCUT2D eigenvalue weighted by Crippen LogP contribution is -2.19. The van der Waals surface area contributed by atoms with E-state index in [9.17, 15) is 9.59 Å². The minimum Gasteiger partial charge on any atom is -0.456 e. The molecule has 0 saturated heterocycles. The molecule has 0 saturated carbocycles. The Morgan fingerprint density at radius 2 is 1.69 bits per heavy atom. The Morgan fingerprint density at radius 1 is 0.931 bits per heavy atom. The van der Waals surface area contributed by atoms with E-state index >= 15 is 0 Å². The van der Waals surface area contributed by atoms with Gasteiger partial charge < -0.3 is 4.74 Å². The van der Waals surface area contributed by atoms with Crippen LogP contribution in [0.4, 0.5) is 0 Å². The maximum atomic E-state index is 12.3. The highest BCUT2D eigenvalue weighted by atomic mass is 32.1. The Morgan fingerprint density at radius 3 is 2.41 bits per heavy atom. The molecule has 0 bridgehead atoms. The predicted octanol–water partition coefficient (Wildman–Crippen LogP) is 3.49. The van der Waals surface area contributed by atoms with Crippen molar-refractivity contribution in [1.82, 2.24) is 20.2 Å². The van der Waals surface area contributed by atoms with E-state index in [2.05, 4.69) is 15.4 Å². The standard InChI is InChI=1S/C21H16N4O3S/c26-19(17-8-6-16(7-9-17)15-4-2-1-3-5-15)13-28-20(27)12-25-23-21(22-24-25)18-10-11-29-14-18/h1-11,14H,12-13H2. The normalized spacial score (nSPS) is 10.6. The van der Waals surface area contributed by atoms with Gasteiger partial charge in [-0.2, -0.15) is 16.1 Å². The maximum Gasteiger partial charge on any atom is 0.330 e. The molecule has 8 heteroatoms. The van der Waals surface area contributed by atoms with Crippen LogP contribution in [0, 0.1) is 0 Å². The minimum absolute atomic E-state index is 0.211. The number of aromatic nitrogens is 4. The summed E-state index contributed by atoms with van der Waals surface area (Å²) in [6.07, 6.45) is 0. The molecule has 0 aliphatic heterocycles. The van der Waals surface area contributed by atoms with Crippen molar-refractivity contribution in [3.8, 4) is 22.5 Å². The van der Waals surface area contributed by atoms with Crippen molar-refractivity contribution >= 4 is 23.1 Å². The number of ether oxygens (including phenoxy) is 1. The third-order valence-corrected chi connectivity index (χ3v) is 4.86. The lowest BCUT2D eigenvalue weighted by Gasteiger charge is -2.05. The van der Waals surface area contributed by atoms with Gasteiger partial charge >= 0.3 is 5.97 Å². The summed E-state index contributed by atoms with van der Waals surface area (Å²) in [6.45, 7) is -0.549. The molecule has 0 aliphatic rings. The Kier molecular flexibility index (Phi) is 5.53. The Hall–Kier alpha value is -3.65. The van der Waals surface area contributed by atoms with Gasteiger partial charge in [-0.3, -0.25) is 4.79 Å². The van der Waals surface area contributed by atoms with Gasteiger partial charge in [-0.15, -0.1) is 10.2 Å². The number of rotatable bonds is 7. The van der Waals surface area contributed by atoms with Gasteiger partial charge in [0.25, 0.3) is 0 Å². The van der Waals surface area contributed by atoms with E-state index in [4.69, 9.17) is 4.74 Å². The molecule has 0 atom stereocenters. The number of Topliss-reactive ketones (excluding diaryl/α,β-unsaturated/α-hetero) is 1. The number of nitrogens with zero attached hydrogens (tertiary/aromatic N) is 4. The highest BCUT2D eigenvalue weighted by molar-refractivity contribution is 7.08. The number of benzene rings is 2. The summed E-state index contributed by atoms with van der Waals surface area (Å²) in [5.74, 6) is -0.439. The van der Waals surface area contributed by atoms with Crippen molar-refractivity contribution in [1.29, 1.82) is 0 Å². The van der Waals surface area contributed by atoms with Gasteiger partial charge in [0.05, 0.1) is 0 Å². The molecule has 0 amide bonds. The molecular weight excluding hydrogens is 388 g/mol. The summed E-state index contributed by atoms with van der Waals surface area (Å²) in [5, 5.41) is 15.7. The average Bonchev–Trinajstić information content (AvgIpc) is 3.45. The van der Waals surface area contributed by atoms with Crippen LogP contribution in [0.2, 0.25) is 0 Å². The van der Waals surface area contributed by atoms with Gasteiger partial charge in [0.1, 0.15) is 0 Å². The molecule has 0 radical (unpaired) electrons. The molecule has 2 aromatic heterocycles. The van der Waals surface area contributed by atoms with Gasteiger partial charge in [-0.05, 0) is 27.8 Å². The van der Waals surface area contributed by atoms with Crippen molar-refractivity contribution in [2.24, 2.45) is 0 Å². The Bertz CT molecular complexity index is 1110. The van der Waals surface area contributed by atoms with Crippen LogP contribution >= 0.6 is 11.3 Å². The van der Waals surface area contributed by atoms with Gasteiger partial charge in [0.15, 0.2) is 18.9 Å². The van der Waals surface area contributed by atoms with Crippen LogP contribution in [0.15, 0.2) is 71.4 Å². The van der Waals surface area contributed by atoms with Crippen molar-refractivity contribution in [3.63, 3.8) is 0 Å². The van der Waals surface area contributed by atoms with Crippen molar-refractivity contribution in [2.75, 3.05) is 6.61 Å². The Labute approximate surface area is 170 Å². The van der Waals surface area contributed by atoms with E-state index in [0.717, 1.165) is 21.5 Å². The van der Waals surface area contributed by atoms with E-state index in [1.807, 2.05) is 59.3 Å². The molecule has 0 fully saturated rings. The van der Waals surface area contributed by atoms with Crippen LogP contribution in [0.5, 0.6) is 0 Å². The molecule has 29 heavy (non-hydrogen) atoms. The molecule has 0 N–H and O–H groups in total. The number of tetrazole rings is 1. The Balaban J connectivity index is 1.30. The van der Waals surface area contributed by atoms with Gasteiger partial charge in [0, 0.05) is 16.5 Å². The first kappa shape index (κ1) is 18.7. The minimum atomic E-state index is -0.603. The number of hydrogen-bond acceptors (Lipinski definition) is 7. The maximum absolute atomic E-state index is 12.3. The summed E-state index contributed by atoms with van der Waals surface area (Å²) in [6, 6.07) is 18.9. The first-order valence-electron chi connectivity index (χ1n) is 8.84. The van der Waals surface area contributed by atoms with Crippen LogP contribution in [-0.4, -0.2) is 38.6 Å². The smallest absolute Gasteiger partial charge is 0.330 e. The molecule has 0 aliphatic carbocycles. The summed E-state index contributed by atoms with van der Waals surface area (Å²) >= 11 is 1.52. The molecule has 2 heterocycles. The highest BCUT2D eigenvalue weighted by Crippen LogP contribution is 2.19. The monoisotopic (exact) mass is 404 g/mol. The number of thiophene rings is 1. The number of esters is 1. The fraction of sp³-hybridized carbons (Fsp3) is 0.0952. The van der Waals surface area contributed by atoms with Crippen molar-refractivity contribution in [2.45, 2.75) is 6.54 Å². The number of hydrogen-bond donors (Lipinski definition) is 0. The number of ketones is 1. The van der Waals surface area contributed by atoms with Crippen LogP contribution in [0.1, 0.15) is 10.4 Å². The number of carbonyl (C=O) groups excluding carboxylic acids is 2. The summed E-state index contributed by atoms with van der Waals surface area (Å²) in [5.41, 5.74) is 3.40. The van der Waals surface area contributed by atoms with Crippen molar-refractivity contribution < 1.29 is 14.3 Å². The molecule has 4 rings (SSSR count). The molecule has 0 unspecified atom stereocenters. The van der Waals surface area contributed by atoms with Crippen LogP contribution < -0.4 is 0 Å². The average molecular weight is 404 g/mol. The lowest BCUT2D eigenvalue weighted by molar-refractivity contribution is -0.143. The largest absolute Gasteiger partial charge is 0.456 e. The zero-order chi connectivity index (χ0) is 20.1. The molecule has 7 nitrogen and oxygen atoms in total. The highest BCUT2D eigenvalue weighted by Gasteiger charge is 2.13. The fourth-order valence-corrected chi connectivity index (χ4v) is 3.32. The van der Waals surface area contributed by atoms with Gasteiger partial charge in [-0.25, -0.2) is 4.79 Å². The van der Waals surface area contributed by atoms with Gasteiger partial charge in [0.2, 0.25) is 5.82 Å². The third-order valence-electron chi connectivity index (χ3n) is 4.18. The van der Waals surface area contributed by atoms with Crippen molar-refractivity contribution in [3.05, 3.63) is 77.0 Å². The topological polar surface area (TPSA) is 87.0 Å². The summed E-state index contributed by atoms with van der Waals surface area (Å²) < 4.78 is 5.06.